The van der Waals surface area contributed by atoms with E-state index >= 15 is 0 Å². The van der Waals surface area contributed by atoms with E-state index in [1.165, 1.54) is 81.0 Å². The molecule has 0 N–H and O–H groups in total. The van der Waals surface area contributed by atoms with Crippen LogP contribution in [0.5, 0.6) is 0 Å². The van der Waals surface area contributed by atoms with Gasteiger partial charge in [0.2, 0.25) is 0 Å². The van der Waals surface area contributed by atoms with Crippen LogP contribution >= 0.6 is 0 Å². The van der Waals surface area contributed by atoms with Crippen molar-refractivity contribution in [2.45, 2.75) is 50.7 Å². The molecule has 0 amide bonds. The number of piperidine rings is 2. The van der Waals surface area contributed by atoms with Crippen molar-refractivity contribution in [3.8, 4) is 22.3 Å². The molecule has 3 heteroatoms. The van der Waals surface area contributed by atoms with Crippen LogP contribution in [0.1, 0.15) is 44.2 Å². The zero-order chi connectivity index (χ0) is 40.9. The Kier molecular flexibility index (Phi) is 9.53. The maximum atomic E-state index is 4.64. The van der Waals surface area contributed by atoms with Crippen LogP contribution in [0.25, 0.3) is 49.6 Å². The highest BCUT2D eigenvalue weighted by atomic mass is 15.2. The molecule has 12 rings (SSSR count). The Morgan fingerprint density at radius 3 is 1.51 bits per heavy atom. The monoisotopic (exact) mass is 789 g/mol. The molecule has 0 spiro atoms. The molecule has 61 heavy (non-hydrogen) atoms. The Hall–Kier alpha value is -6.84. The third kappa shape index (κ3) is 6.70. The molecule has 4 fully saturated rings. The Bertz CT molecular complexity index is 2750. The number of benzene rings is 7. The van der Waals surface area contributed by atoms with E-state index in [1.807, 2.05) is 0 Å². The minimum absolute atomic E-state index is 0.569. The van der Waals surface area contributed by atoms with Gasteiger partial charge in [0.15, 0.2) is 0 Å². The molecule has 2 aliphatic heterocycles. The van der Waals surface area contributed by atoms with Crippen LogP contribution in [0.3, 0.4) is 0 Å². The van der Waals surface area contributed by atoms with Gasteiger partial charge in [0.05, 0.1) is 0 Å². The summed E-state index contributed by atoms with van der Waals surface area (Å²) >= 11 is 0. The standard InChI is InChI=1S/C58H51N3/c1-3-48(59(49-31-26-43(27-32-49)41-15-6-4-7-16-41)50-33-28-44(29-34-50)42-17-8-5-9-18-42)30-25-40(2)45-19-14-20-51(35-45)60-52-36-46-37-53(60)39-47(38-52)58(46)61-56-23-12-10-21-54(56)55-22-11-13-24-57(55)61/h3-35,46-47,52-53,58H,2,36-39H2,1H3/b30-25-,48-3+. The summed E-state index contributed by atoms with van der Waals surface area (Å²) in [7, 11) is 0. The zero-order valence-corrected chi connectivity index (χ0v) is 34.8. The lowest BCUT2D eigenvalue weighted by Crippen LogP contribution is -2.61. The summed E-state index contributed by atoms with van der Waals surface area (Å²) in [6.45, 7) is 6.76. The molecule has 2 saturated carbocycles. The summed E-state index contributed by atoms with van der Waals surface area (Å²) in [6.07, 6.45) is 11.6. The van der Waals surface area contributed by atoms with Crippen LogP contribution in [0.15, 0.2) is 212 Å². The molecule has 2 saturated heterocycles. The number of para-hydroxylation sites is 2. The summed E-state index contributed by atoms with van der Waals surface area (Å²) in [5.74, 6) is 1.40. The lowest BCUT2D eigenvalue weighted by atomic mass is 9.60. The van der Waals surface area contributed by atoms with Crippen molar-refractivity contribution >= 4 is 44.4 Å². The summed E-state index contributed by atoms with van der Waals surface area (Å²) in [5, 5.41) is 2.78. The normalized spacial score (nSPS) is 20.8. The van der Waals surface area contributed by atoms with Gasteiger partial charge in [0, 0.05) is 62.7 Å². The Morgan fingerprint density at radius 2 is 1.00 bits per heavy atom. The van der Waals surface area contributed by atoms with Gasteiger partial charge in [0.25, 0.3) is 0 Å². The first-order valence-electron chi connectivity index (χ1n) is 22.1. The van der Waals surface area contributed by atoms with Crippen LogP contribution in [-0.2, 0) is 0 Å². The fourth-order valence-electron chi connectivity index (χ4n) is 11.4. The van der Waals surface area contributed by atoms with E-state index in [-0.39, 0.29) is 0 Å². The molecule has 8 aromatic rings. The van der Waals surface area contributed by atoms with Crippen LogP contribution in [0.4, 0.5) is 17.1 Å². The number of rotatable bonds is 10. The highest BCUT2D eigenvalue weighted by Gasteiger charge is 2.53. The summed E-state index contributed by atoms with van der Waals surface area (Å²) in [5.41, 5.74) is 14.5. The van der Waals surface area contributed by atoms with E-state index in [2.05, 4.69) is 228 Å². The predicted octanol–water partition coefficient (Wildman–Crippen LogP) is 15.1. The van der Waals surface area contributed by atoms with Crippen molar-refractivity contribution in [1.82, 2.24) is 4.57 Å². The fourth-order valence-corrected chi connectivity index (χ4v) is 11.4. The summed E-state index contributed by atoms with van der Waals surface area (Å²) in [6, 6.07) is 68.1. The second-order valence-corrected chi connectivity index (χ2v) is 17.4. The molecular weight excluding hydrogens is 739 g/mol. The van der Waals surface area contributed by atoms with E-state index in [9.17, 15) is 0 Å². The van der Waals surface area contributed by atoms with Gasteiger partial charge in [-0.05, 0) is 132 Å². The molecular formula is C58H51N3. The van der Waals surface area contributed by atoms with E-state index in [1.54, 1.807) is 0 Å². The van der Waals surface area contributed by atoms with Crippen molar-refractivity contribution in [1.29, 1.82) is 0 Å². The number of nitrogens with zero attached hydrogens (tertiary/aromatic N) is 3. The van der Waals surface area contributed by atoms with Crippen molar-refractivity contribution in [2.24, 2.45) is 11.8 Å². The first kappa shape index (κ1) is 37.2. The van der Waals surface area contributed by atoms with Gasteiger partial charge in [-0.1, -0.05) is 152 Å². The molecule has 2 aliphatic carbocycles. The fraction of sp³-hybridized carbons (Fsp3) is 0.172. The molecule has 3 nitrogen and oxygen atoms in total. The number of hydrogen-bond acceptors (Lipinski definition) is 2. The Morgan fingerprint density at radius 1 is 0.525 bits per heavy atom. The molecule has 298 valence electrons. The molecule has 1 aromatic heterocycles. The molecule has 4 bridgehead atoms. The number of hydrogen-bond donors (Lipinski definition) is 0. The predicted molar refractivity (Wildman–Crippen MR) is 258 cm³/mol. The second-order valence-electron chi connectivity index (χ2n) is 17.4. The van der Waals surface area contributed by atoms with Crippen molar-refractivity contribution < 1.29 is 0 Å². The second kappa shape index (κ2) is 15.6. The van der Waals surface area contributed by atoms with Gasteiger partial charge in [-0.25, -0.2) is 0 Å². The van der Waals surface area contributed by atoms with Gasteiger partial charge in [-0.2, -0.15) is 0 Å². The van der Waals surface area contributed by atoms with Gasteiger partial charge >= 0.3 is 0 Å². The first-order valence-corrected chi connectivity index (χ1v) is 22.1. The molecule has 4 aliphatic rings. The minimum atomic E-state index is 0.569. The molecule has 3 heterocycles. The highest BCUT2D eigenvalue weighted by Crippen LogP contribution is 2.57. The summed E-state index contributed by atoms with van der Waals surface area (Å²) < 4.78 is 2.75. The van der Waals surface area contributed by atoms with Gasteiger partial charge in [0.1, 0.15) is 0 Å². The Labute approximate surface area is 360 Å². The van der Waals surface area contributed by atoms with Crippen molar-refractivity contribution in [3.63, 3.8) is 0 Å². The van der Waals surface area contributed by atoms with Crippen LogP contribution in [0, 0.1) is 11.8 Å². The van der Waals surface area contributed by atoms with Gasteiger partial charge in [-0.3, -0.25) is 0 Å². The average molecular weight is 790 g/mol. The average Bonchev–Trinajstić information content (AvgIpc) is 3.65. The molecule has 0 radical (unpaired) electrons. The van der Waals surface area contributed by atoms with E-state index in [0.717, 1.165) is 22.6 Å². The lowest BCUT2D eigenvalue weighted by Gasteiger charge is -2.61. The number of anilines is 3. The first-order chi connectivity index (χ1) is 30.1. The van der Waals surface area contributed by atoms with E-state index < -0.39 is 0 Å². The molecule has 0 unspecified atom stereocenters. The minimum Gasteiger partial charge on any atom is -0.366 e. The maximum Gasteiger partial charge on any atom is 0.0494 e. The number of allylic oxidation sites excluding steroid dienone is 4. The van der Waals surface area contributed by atoms with E-state index in [0.29, 0.717) is 30.0 Å². The maximum absolute atomic E-state index is 4.64. The molecule has 7 aromatic carbocycles. The third-order valence-corrected chi connectivity index (χ3v) is 14.0. The van der Waals surface area contributed by atoms with Gasteiger partial charge in [-0.15, -0.1) is 0 Å². The van der Waals surface area contributed by atoms with Crippen molar-refractivity contribution in [3.05, 3.63) is 218 Å². The summed E-state index contributed by atoms with van der Waals surface area (Å²) in [4.78, 5) is 5.14. The number of aromatic nitrogens is 1. The third-order valence-electron chi connectivity index (χ3n) is 14.0. The van der Waals surface area contributed by atoms with Crippen LogP contribution in [0.2, 0.25) is 0 Å². The van der Waals surface area contributed by atoms with Crippen molar-refractivity contribution in [2.75, 3.05) is 9.80 Å². The Balaban J connectivity index is 0.850. The van der Waals surface area contributed by atoms with Gasteiger partial charge < -0.3 is 14.4 Å². The topological polar surface area (TPSA) is 11.4 Å². The van der Waals surface area contributed by atoms with E-state index in [4.69, 9.17) is 0 Å². The molecule has 0 atom stereocenters. The zero-order valence-electron chi connectivity index (χ0n) is 34.8. The van der Waals surface area contributed by atoms with Crippen LogP contribution in [-0.4, -0.2) is 16.7 Å². The van der Waals surface area contributed by atoms with Crippen LogP contribution < -0.4 is 9.80 Å². The number of fused-ring (bicyclic) bond motifs is 3. The lowest BCUT2D eigenvalue weighted by molar-refractivity contribution is 0.0319. The largest absolute Gasteiger partial charge is 0.366 e. The highest BCUT2D eigenvalue weighted by molar-refractivity contribution is 6.08. The smallest absolute Gasteiger partial charge is 0.0494 e. The SMILES string of the molecule is C=C(/C=C\C(=C/C)N(c1ccc(-c2ccccc2)cc1)c1ccc(-c2ccccc2)cc1)c1cccc(N2C3CC4CC2CC(C3)C4n2c3ccccc3c3ccccc32)c1. The quantitative estimate of drug-likeness (QED) is 0.128.